The Hall–Kier alpha value is -2.57. The lowest BCUT2D eigenvalue weighted by molar-refractivity contribution is -0.121. The summed E-state index contributed by atoms with van der Waals surface area (Å²) >= 11 is 5.92. The molecule has 0 fully saturated rings. The smallest absolute Gasteiger partial charge is 0.240 e. The van der Waals surface area contributed by atoms with Crippen LogP contribution >= 0.6 is 11.6 Å². The highest BCUT2D eigenvalue weighted by Crippen LogP contribution is 2.20. The fourth-order valence-electron chi connectivity index (χ4n) is 2.91. The Morgan fingerprint density at radius 2 is 1.93 bits per heavy atom. The van der Waals surface area contributed by atoms with Gasteiger partial charge >= 0.3 is 0 Å². The van der Waals surface area contributed by atoms with Crippen molar-refractivity contribution in [2.24, 2.45) is 0 Å². The van der Waals surface area contributed by atoms with Gasteiger partial charge in [0.25, 0.3) is 0 Å². The standard InChI is InChI=1S/C21H25ClN4O2/c1-25(2)13-5-12-23-21(27)14-26-19-7-4-3-6-18(19)24-20(26)15-28-17-10-8-16(22)9-11-17/h3-4,6-11H,5,12-15H2,1-2H3,(H,23,27). The molecule has 0 radical (unpaired) electrons. The van der Waals surface area contributed by atoms with Crippen LogP contribution in [-0.4, -0.2) is 47.5 Å². The number of ether oxygens (including phenoxy) is 1. The average Bonchev–Trinajstić information content (AvgIpc) is 3.02. The maximum absolute atomic E-state index is 12.4. The van der Waals surface area contributed by atoms with Gasteiger partial charge in [-0.3, -0.25) is 4.79 Å². The zero-order valence-corrected chi connectivity index (χ0v) is 16.9. The molecule has 6 nitrogen and oxygen atoms in total. The van der Waals surface area contributed by atoms with Crippen molar-refractivity contribution in [3.63, 3.8) is 0 Å². The minimum Gasteiger partial charge on any atom is -0.486 e. The fourth-order valence-corrected chi connectivity index (χ4v) is 3.04. The Balaban J connectivity index is 1.69. The van der Waals surface area contributed by atoms with Crippen molar-refractivity contribution in [2.45, 2.75) is 19.6 Å². The number of halogens is 1. The van der Waals surface area contributed by atoms with E-state index in [4.69, 9.17) is 16.3 Å². The van der Waals surface area contributed by atoms with E-state index >= 15 is 0 Å². The van der Waals surface area contributed by atoms with Gasteiger partial charge in [0, 0.05) is 11.6 Å². The second kappa shape index (κ2) is 9.57. The van der Waals surface area contributed by atoms with E-state index in [0.29, 0.717) is 23.1 Å². The monoisotopic (exact) mass is 400 g/mol. The van der Waals surface area contributed by atoms with Gasteiger partial charge in [-0.25, -0.2) is 4.98 Å². The molecule has 7 heteroatoms. The molecule has 2 aromatic carbocycles. The third-order valence-electron chi connectivity index (χ3n) is 4.32. The van der Waals surface area contributed by atoms with E-state index < -0.39 is 0 Å². The number of hydrogen-bond acceptors (Lipinski definition) is 4. The van der Waals surface area contributed by atoms with E-state index in [0.717, 1.165) is 24.0 Å². The lowest BCUT2D eigenvalue weighted by Gasteiger charge is -2.12. The molecule has 3 rings (SSSR count). The molecule has 148 valence electrons. The lowest BCUT2D eigenvalue weighted by Crippen LogP contribution is -2.30. The highest BCUT2D eigenvalue weighted by Gasteiger charge is 2.14. The predicted octanol–water partition coefficient (Wildman–Crippen LogP) is 3.34. The maximum Gasteiger partial charge on any atom is 0.240 e. The van der Waals surface area contributed by atoms with Crippen LogP contribution in [0, 0.1) is 0 Å². The summed E-state index contributed by atoms with van der Waals surface area (Å²) in [5.41, 5.74) is 1.76. The molecule has 1 aromatic heterocycles. The Morgan fingerprint density at radius 3 is 2.68 bits per heavy atom. The van der Waals surface area contributed by atoms with Crippen molar-refractivity contribution in [3.05, 3.63) is 59.4 Å². The minimum atomic E-state index is -0.0327. The van der Waals surface area contributed by atoms with Crippen molar-refractivity contribution in [1.29, 1.82) is 0 Å². The molecule has 1 heterocycles. The third kappa shape index (κ3) is 5.47. The Morgan fingerprint density at radius 1 is 1.18 bits per heavy atom. The fraction of sp³-hybridized carbons (Fsp3) is 0.333. The molecular formula is C21H25ClN4O2. The van der Waals surface area contributed by atoms with Crippen molar-refractivity contribution in [3.8, 4) is 5.75 Å². The van der Waals surface area contributed by atoms with Gasteiger partial charge in [0.15, 0.2) is 0 Å². The number of amides is 1. The molecule has 0 aliphatic carbocycles. The number of fused-ring (bicyclic) bond motifs is 1. The molecule has 3 aromatic rings. The first-order valence-electron chi connectivity index (χ1n) is 9.27. The first-order chi connectivity index (χ1) is 13.5. The van der Waals surface area contributed by atoms with Crippen LogP contribution in [0.25, 0.3) is 11.0 Å². The Bertz CT molecular complexity index is 922. The number of carbonyl (C=O) groups is 1. The second-order valence-electron chi connectivity index (χ2n) is 6.85. The number of rotatable bonds is 9. The van der Waals surface area contributed by atoms with Crippen LogP contribution in [0.15, 0.2) is 48.5 Å². The largest absolute Gasteiger partial charge is 0.486 e. The molecule has 1 N–H and O–H groups in total. The number of nitrogens with one attached hydrogen (secondary N) is 1. The Kier molecular flexibility index (Phi) is 6.90. The van der Waals surface area contributed by atoms with Gasteiger partial charge in [-0.2, -0.15) is 0 Å². The summed E-state index contributed by atoms with van der Waals surface area (Å²) in [6.45, 7) is 2.07. The van der Waals surface area contributed by atoms with Gasteiger partial charge in [-0.15, -0.1) is 0 Å². The van der Waals surface area contributed by atoms with Crippen LogP contribution in [0.2, 0.25) is 5.02 Å². The first-order valence-corrected chi connectivity index (χ1v) is 9.64. The first kappa shape index (κ1) is 20.2. The number of imidazole rings is 1. The van der Waals surface area contributed by atoms with E-state index in [1.807, 2.05) is 55.1 Å². The molecule has 0 aliphatic heterocycles. The number of hydrogen-bond donors (Lipinski definition) is 1. The van der Waals surface area contributed by atoms with E-state index in [1.54, 1.807) is 12.1 Å². The van der Waals surface area contributed by atoms with Crippen LogP contribution in [0.1, 0.15) is 12.2 Å². The summed E-state index contributed by atoms with van der Waals surface area (Å²) in [7, 11) is 4.04. The van der Waals surface area contributed by atoms with Crippen LogP contribution in [-0.2, 0) is 17.9 Å². The average molecular weight is 401 g/mol. The van der Waals surface area contributed by atoms with E-state index in [9.17, 15) is 4.79 Å². The van der Waals surface area contributed by atoms with Gasteiger partial charge in [0.1, 0.15) is 24.7 Å². The highest BCUT2D eigenvalue weighted by atomic mass is 35.5. The molecular weight excluding hydrogens is 376 g/mol. The van der Waals surface area contributed by atoms with E-state index in [1.165, 1.54) is 0 Å². The highest BCUT2D eigenvalue weighted by molar-refractivity contribution is 6.30. The van der Waals surface area contributed by atoms with Crippen LogP contribution in [0.4, 0.5) is 0 Å². The number of aromatic nitrogens is 2. The van der Waals surface area contributed by atoms with Crippen molar-refractivity contribution < 1.29 is 9.53 Å². The number of carbonyl (C=O) groups excluding carboxylic acids is 1. The normalized spacial score (nSPS) is 11.1. The van der Waals surface area contributed by atoms with Gasteiger partial charge in [0.2, 0.25) is 5.91 Å². The van der Waals surface area contributed by atoms with Crippen LogP contribution < -0.4 is 10.1 Å². The molecule has 0 atom stereocenters. The lowest BCUT2D eigenvalue weighted by atomic mass is 10.3. The van der Waals surface area contributed by atoms with Gasteiger partial charge < -0.3 is 19.5 Å². The van der Waals surface area contributed by atoms with Crippen molar-refractivity contribution in [1.82, 2.24) is 19.8 Å². The summed E-state index contributed by atoms with van der Waals surface area (Å²) in [5.74, 6) is 1.38. The van der Waals surface area contributed by atoms with Crippen LogP contribution in [0.3, 0.4) is 0 Å². The maximum atomic E-state index is 12.4. The van der Waals surface area contributed by atoms with Gasteiger partial charge in [-0.1, -0.05) is 23.7 Å². The molecule has 1 amide bonds. The van der Waals surface area contributed by atoms with Crippen molar-refractivity contribution in [2.75, 3.05) is 27.2 Å². The Labute approximate surface area is 170 Å². The molecule has 0 spiro atoms. The molecule has 28 heavy (non-hydrogen) atoms. The van der Waals surface area contributed by atoms with Crippen molar-refractivity contribution >= 4 is 28.5 Å². The zero-order valence-electron chi connectivity index (χ0n) is 16.2. The molecule has 0 saturated carbocycles. The topological polar surface area (TPSA) is 59.4 Å². The zero-order chi connectivity index (χ0) is 19.9. The summed E-state index contributed by atoms with van der Waals surface area (Å²) in [6.07, 6.45) is 0.913. The predicted molar refractivity (Wildman–Crippen MR) is 112 cm³/mol. The number of nitrogens with zero attached hydrogens (tertiary/aromatic N) is 3. The summed E-state index contributed by atoms with van der Waals surface area (Å²) in [5, 5.41) is 3.64. The SMILES string of the molecule is CN(C)CCCNC(=O)Cn1c(COc2ccc(Cl)cc2)nc2ccccc21. The molecule has 0 bridgehead atoms. The summed E-state index contributed by atoms with van der Waals surface area (Å²) in [6, 6.07) is 15.0. The van der Waals surface area contributed by atoms with Crippen LogP contribution in [0.5, 0.6) is 5.75 Å². The molecule has 0 saturated heterocycles. The summed E-state index contributed by atoms with van der Waals surface area (Å²) in [4.78, 5) is 19.2. The minimum absolute atomic E-state index is 0.0327. The van der Waals surface area contributed by atoms with Gasteiger partial charge in [0.05, 0.1) is 11.0 Å². The van der Waals surface area contributed by atoms with Gasteiger partial charge in [-0.05, 0) is 63.5 Å². The number of benzene rings is 2. The summed E-state index contributed by atoms with van der Waals surface area (Å²) < 4.78 is 7.75. The quantitative estimate of drug-likeness (QED) is 0.560. The molecule has 0 unspecified atom stereocenters. The van der Waals surface area contributed by atoms with E-state index in [-0.39, 0.29) is 19.1 Å². The van der Waals surface area contributed by atoms with E-state index in [2.05, 4.69) is 15.2 Å². The number of para-hydroxylation sites is 2. The second-order valence-corrected chi connectivity index (χ2v) is 7.29. The molecule has 0 aliphatic rings. The third-order valence-corrected chi connectivity index (χ3v) is 4.57.